The molecule has 0 amide bonds. The number of aromatic carboxylic acids is 1. The molecule has 0 aliphatic heterocycles. The molecule has 0 atom stereocenters. The second kappa shape index (κ2) is 3.81. The zero-order valence-corrected chi connectivity index (χ0v) is 8.69. The highest BCUT2D eigenvalue weighted by Gasteiger charge is 2.10. The Bertz CT molecular complexity index is 565. The number of carbonyl (C=O) groups excluding carboxylic acids is 1. The third kappa shape index (κ3) is 1.95. The van der Waals surface area contributed by atoms with E-state index < -0.39 is 5.97 Å². The zero-order chi connectivity index (χ0) is 11.7. The summed E-state index contributed by atoms with van der Waals surface area (Å²) in [4.78, 5) is 21.6. The third-order valence-electron chi connectivity index (χ3n) is 2.24. The van der Waals surface area contributed by atoms with Gasteiger partial charge in [-0.15, -0.1) is 0 Å². The first-order chi connectivity index (χ1) is 7.56. The number of carbonyl (C=O) groups is 2. The second-order valence-corrected chi connectivity index (χ2v) is 3.67. The smallest absolute Gasteiger partial charge is 0.371 e. The summed E-state index contributed by atoms with van der Waals surface area (Å²) < 4.78 is 5.10. The summed E-state index contributed by atoms with van der Waals surface area (Å²) in [6.45, 7) is 1.52. The highest BCUT2D eigenvalue weighted by Crippen LogP contribution is 2.21. The summed E-state index contributed by atoms with van der Waals surface area (Å²) in [5, 5.41) is 9.46. The van der Waals surface area contributed by atoms with Crippen LogP contribution in [0.1, 0.15) is 23.0 Å². The van der Waals surface area contributed by atoms with Crippen LogP contribution in [-0.4, -0.2) is 16.9 Å². The van der Waals surface area contributed by atoms with Crippen molar-refractivity contribution >= 4 is 22.7 Å². The molecule has 0 fully saturated rings. The predicted molar refractivity (Wildman–Crippen MR) is 57.6 cm³/mol. The highest BCUT2D eigenvalue weighted by molar-refractivity contribution is 5.92. The van der Waals surface area contributed by atoms with Gasteiger partial charge in [0.15, 0.2) is 0 Å². The van der Waals surface area contributed by atoms with Crippen molar-refractivity contribution in [2.24, 2.45) is 0 Å². The minimum Gasteiger partial charge on any atom is -0.475 e. The molecule has 0 unspecified atom stereocenters. The topological polar surface area (TPSA) is 67.5 Å². The molecule has 2 aromatic rings. The lowest BCUT2D eigenvalue weighted by Crippen LogP contribution is -1.95. The molecule has 0 radical (unpaired) electrons. The molecule has 2 rings (SSSR count). The number of benzene rings is 1. The number of carboxylic acid groups (broad SMARTS) is 1. The quantitative estimate of drug-likeness (QED) is 0.857. The Morgan fingerprint density at radius 2 is 2.06 bits per heavy atom. The van der Waals surface area contributed by atoms with Gasteiger partial charge in [0.05, 0.1) is 0 Å². The van der Waals surface area contributed by atoms with Gasteiger partial charge in [0.25, 0.3) is 0 Å². The largest absolute Gasteiger partial charge is 0.475 e. The predicted octanol–water partition coefficient (Wildman–Crippen LogP) is 2.26. The van der Waals surface area contributed by atoms with Crippen LogP contribution < -0.4 is 0 Å². The summed E-state index contributed by atoms with van der Waals surface area (Å²) in [6.07, 6.45) is 0.351. The Kier molecular flexibility index (Phi) is 2.48. The standard InChI is InChI=1S/C12H10O4/c1-7(13)4-8-2-3-10-9(5-8)6-11(16-10)12(14)15/h2-3,5-6H,4H2,1H3,(H,14,15). The van der Waals surface area contributed by atoms with Crippen molar-refractivity contribution in [2.75, 3.05) is 0 Å². The monoisotopic (exact) mass is 218 g/mol. The van der Waals surface area contributed by atoms with E-state index in [2.05, 4.69) is 0 Å². The Morgan fingerprint density at radius 3 is 2.69 bits per heavy atom. The highest BCUT2D eigenvalue weighted by atomic mass is 16.4. The Morgan fingerprint density at radius 1 is 1.31 bits per heavy atom. The van der Waals surface area contributed by atoms with E-state index in [4.69, 9.17) is 9.52 Å². The zero-order valence-electron chi connectivity index (χ0n) is 8.69. The number of hydrogen-bond donors (Lipinski definition) is 1. The SMILES string of the molecule is CC(=O)Cc1ccc2oc(C(=O)O)cc2c1. The van der Waals surface area contributed by atoms with E-state index in [0.29, 0.717) is 17.4 Å². The van der Waals surface area contributed by atoms with Crippen LogP contribution in [0.3, 0.4) is 0 Å². The van der Waals surface area contributed by atoms with E-state index in [1.807, 2.05) is 0 Å². The van der Waals surface area contributed by atoms with Gasteiger partial charge in [-0.25, -0.2) is 4.79 Å². The lowest BCUT2D eigenvalue weighted by atomic mass is 10.1. The van der Waals surface area contributed by atoms with Gasteiger partial charge in [-0.3, -0.25) is 4.79 Å². The molecule has 1 aromatic carbocycles. The van der Waals surface area contributed by atoms with Crippen LogP contribution in [0, 0.1) is 0 Å². The fourth-order valence-electron chi connectivity index (χ4n) is 1.60. The van der Waals surface area contributed by atoms with Crippen molar-refractivity contribution in [3.63, 3.8) is 0 Å². The average Bonchev–Trinajstić information content (AvgIpc) is 2.59. The van der Waals surface area contributed by atoms with Gasteiger partial charge in [0.2, 0.25) is 5.76 Å². The molecule has 1 heterocycles. The van der Waals surface area contributed by atoms with Gasteiger partial charge < -0.3 is 9.52 Å². The minimum atomic E-state index is -1.09. The second-order valence-electron chi connectivity index (χ2n) is 3.67. The van der Waals surface area contributed by atoms with E-state index in [1.165, 1.54) is 13.0 Å². The number of rotatable bonds is 3. The fraction of sp³-hybridized carbons (Fsp3) is 0.167. The van der Waals surface area contributed by atoms with Crippen LogP contribution in [0.15, 0.2) is 28.7 Å². The van der Waals surface area contributed by atoms with E-state index in [1.54, 1.807) is 18.2 Å². The van der Waals surface area contributed by atoms with Gasteiger partial charge in [-0.2, -0.15) is 0 Å². The number of ketones is 1. The van der Waals surface area contributed by atoms with E-state index >= 15 is 0 Å². The van der Waals surface area contributed by atoms with Gasteiger partial charge in [-0.1, -0.05) is 6.07 Å². The van der Waals surface area contributed by atoms with Crippen molar-refractivity contribution in [3.05, 3.63) is 35.6 Å². The molecular formula is C12H10O4. The summed E-state index contributed by atoms with van der Waals surface area (Å²) in [5.41, 5.74) is 1.38. The summed E-state index contributed by atoms with van der Waals surface area (Å²) in [6, 6.07) is 6.67. The van der Waals surface area contributed by atoms with Crippen molar-refractivity contribution in [2.45, 2.75) is 13.3 Å². The van der Waals surface area contributed by atoms with Crippen LogP contribution in [-0.2, 0) is 11.2 Å². The molecule has 1 aromatic heterocycles. The number of fused-ring (bicyclic) bond motifs is 1. The minimum absolute atomic E-state index is 0.0707. The first-order valence-electron chi connectivity index (χ1n) is 4.81. The lowest BCUT2D eigenvalue weighted by Gasteiger charge is -1.96. The molecule has 0 aliphatic carbocycles. The molecule has 0 bridgehead atoms. The Hall–Kier alpha value is -2.10. The van der Waals surface area contributed by atoms with E-state index in [-0.39, 0.29) is 11.5 Å². The van der Waals surface area contributed by atoms with Gasteiger partial charge >= 0.3 is 5.97 Å². The van der Waals surface area contributed by atoms with Crippen molar-refractivity contribution in [1.29, 1.82) is 0 Å². The van der Waals surface area contributed by atoms with Crippen molar-refractivity contribution < 1.29 is 19.1 Å². The van der Waals surface area contributed by atoms with Crippen molar-refractivity contribution in [1.82, 2.24) is 0 Å². The number of hydrogen-bond acceptors (Lipinski definition) is 3. The summed E-state index contributed by atoms with van der Waals surface area (Å²) in [7, 11) is 0. The third-order valence-corrected chi connectivity index (χ3v) is 2.24. The number of furan rings is 1. The molecule has 0 spiro atoms. The normalized spacial score (nSPS) is 10.6. The van der Waals surface area contributed by atoms with E-state index in [9.17, 15) is 9.59 Å². The summed E-state index contributed by atoms with van der Waals surface area (Å²) >= 11 is 0. The molecule has 4 heteroatoms. The maximum atomic E-state index is 10.9. The van der Waals surface area contributed by atoms with Gasteiger partial charge in [0.1, 0.15) is 11.4 Å². The average molecular weight is 218 g/mol. The number of Topliss-reactive ketones (excluding diaryl/α,β-unsaturated/α-hetero) is 1. The molecule has 4 nitrogen and oxygen atoms in total. The van der Waals surface area contributed by atoms with Crippen LogP contribution in [0.5, 0.6) is 0 Å². The maximum Gasteiger partial charge on any atom is 0.371 e. The van der Waals surface area contributed by atoms with Crippen LogP contribution in [0.2, 0.25) is 0 Å². The Labute approximate surface area is 91.5 Å². The van der Waals surface area contributed by atoms with Crippen LogP contribution in [0.25, 0.3) is 11.0 Å². The van der Waals surface area contributed by atoms with Crippen molar-refractivity contribution in [3.8, 4) is 0 Å². The number of carboxylic acids is 1. The Balaban J connectivity index is 2.45. The molecule has 16 heavy (non-hydrogen) atoms. The molecule has 0 saturated carbocycles. The first-order valence-corrected chi connectivity index (χ1v) is 4.81. The first kappa shape index (κ1) is 10.4. The summed E-state index contributed by atoms with van der Waals surface area (Å²) in [5.74, 6) is -1.11. The van der Waals surface area contributed by atoms with Crippen LogP contribution in [0.4, 0.5) is 0 Å². The molecule has 82 valence electrons. The molecule has 0 saturated heterocycles. The maximum absolute atomic E-state index is 10.9. The van der Waals surface area contributed by atoms with Crippen LogP contribution >= 0.6 is 0 Å². The fourth-order valence-corrected chi connectivity index (χ4v) is 1.60. The lowest BCUT2D eigenvalue weighted by molar-refractivity contribution is -0.116. The molecular weight excluding hydrogens is 208 g/mol. The van der Waals surface area contributed by atoms with E-state index in [0.717, 1.165) is 5.56 Å². The molecule has 1 N–H and O–H groups in total. The van der Waals surface area contributed by atoms with Gasteiger partial charge in [-0.05, 0) is 30.7 Å². The van der Waals surface area contributed by atoms with Gasteiger partial charge in [0, 0.05) is 11.8 Å². The molecule has 0 aliphatic rings.